The Morgan fingerprint density at radius 3 is 2.52 bits per heavy atom. The second-order valence-electron chi connectivity index (χ2n) is 5.64. The molecule has 0 bridgehead atoms. The van der Waals surface area contributed by atoms with Gasteiger partial charge in [-0.25, -0.2) is 9.98 Å². The molecule has 2 aromatic carbocycles. The fourth-order valence-electron chi connectivity index (χ4n) is 2.99. The first-order valence-corrected chi connectivity index (χ1v) is 7.72. The van der Waals surface area contributed by atoms with Crippen molar-refractivity contribution in [1.82, 2.24) is 4.98 Å². The molecule has 1 aliphatic heterocycles. The third kappa shape index (κ3) is 2.50. The molecule has 0 saturated heterocycles. The smallest absolute Gasteiger partial charge is 0.158 e. The van der Waals surface area contributed by atoms with Gasteiger partial charge in [-0.05, 0) is 23.8 Å². The molecule has 1 aliphatic rings. The average molecular weight is 299 g/mol. The first-order chi connectivity index (χ1) is 11.3. The van der Waals surface area contributed by atoms with Crippen molar-refractivity contribution in [2.75, 3.05) is 11.9 Å². The van der Waals surface area contributed by atoms with Gasteiger partial charge in [0.05, 0.1) is 11.4 Å². The van der Waals surface area contributed by atoms with Crippen LogP contribution in [0.25, 0.3) is 0 Å². The molecule has 2 heterocycles. The lowest BCUT2D eigenvalue weighted by molar-refractivity contribution is 1.13. The zero-order valence-corrected chi connectivity index (χ0v) is 13.0. The van der Waals surface area contributed by atoms with E-state index in [1.807, 2.05) is 31.4 Å². The summed E-state index contributed by atoms with van der Waals surface area (Å²) in [5.74, 6) is 0.892. The predicted octanol–water partition coefficient (Wildman–Crippen LogP) is 4.53. The van der Waals surface area contributed by atoms with Crippen LogP contribution in [0.5, 0.6) is 0 Å². The molecule has 23 heavy (non-hydrogen) atoms. The zero-order valence-electron chi connectivity index (χ0n) is 13.0. The summed E-state index contributed by atoms with van der Waals surface area (Å²) in [7, 11) is 2.05. The number of anilines is 2. The summed E-state index contributed by atoms with van der Waals surface area (Å²) < 4.78 is 0. The highest BCUT2D eigenvalue weighted by Crippen LogP contribution is 2.37. The molecule has 1 aromatic heterocycles. The molecule has 0 N–H and O–H groups in total. The van der Waals surface area contributed by atoms with Gasteiger partial charge in [-0.3, -0.25) is 0 Å². The normalized spacial score (nSPS) is 12.9. The van der Waals surface area contributed by atoms with Crippen LogP contribution in [0.4, 0.5) is 17.2 Å². The topological polar surface area (TPSA) is 28.5 Å². The number of pyridine rings is 1. The summed E-state index contributed by atoms with van der Waals surface area (Å²) in [6.07, 6.45) is 2.62. The van der Waals surface area contributed by atoms with Crippen LogP contribution in [-0.2, 0) is 6.42 Å². The molecule has 112 valence electrons. The number of hydrogen-bond acceptors (Lipinski definition) is 3. The SMILES string of the molecule is CN1c2ccccc2C(Cc2ccccc2)=Nc2cccnc21. The minimum absolute atomic E-state index is 0.806. The monoisotopic (exact) mass is 299 g/mol. The van der Waals surface area contributed by atoms with E-state index in [0.717, 1.165) is 34.9 Å². The number of fused-ring (bicyclic) bond motifs is 2. The maximum absolute atomic E-state index is 4.94. The number of rotatable bonds is 2. The molecule has 0 saturated carbocycles. The van der Waals surface area contributed by atoms with E-state index in [0.29, 0.717) is 0 Å². The molecule has 0 atom stereocenters. The van der Waals surface area contributed by atoms with Crippen LogP contribution in [0.2, 0.25) is 0 Å². The fraction of sp³-hybridized carbons (Fsp3) is 0.100. The van der Waals surface area contributed by atoms with Gasteiger partial charge >= 0.3 is 0 Å². The Balaban J connectivity index is 1.89. The van der Waals surface area contributed by atoms with E-state index in [1.54, 1.807) is 0 Å². The van der Waals surface area contributed by atoms with Crippen molar-refractivity contribution >= 4 is 22.9 Å². The Hall–Kier alpha value is -2.94. The summed E-state index contributed by atoms with van der Waals surface area (Å²) in [4.78, 5) is 11.6. The van der Waals surface area contributed by atoms with E-state index in [4.69, 9.17) is 4.99 Å². The lowest BCUT2D eigenvalue weighted by atomic mass is 10.0. The highest BCUT2D eigenvalue weighted by Gasteiger charge is 2.20. The molecular formula is C20H17N3. The van der Waals surface area contributed by atoms with Gasteiger partial charge in [0.2, 0.25) is 0 Å². The van der Waals surface area contributed by atoms with E-state index >= 15 is 0 Å². The molecule has 3 nitrogen and oxygen atoms in total. The van der Waals surface area contributed by atoms with Crippen LogP contribution in [0.3, 0.4) is 0 Å². The molecule has 3 heteroatoms. The van der Waals surface area contributed by atoms with E-state index < -0.39 is 0 Å². The fourth-order valence-corrected chi connectivity index (χ4v) is 2.99. The third-order valence-electron chi connectivity index (χ3n) is 4.13. The number of aliphatic imine (C=N–C) groups is 1. The Bertz CT molecular complexity index is 869. The van der Waals surface area contributed by atoms with Crippen LogP contribution in [0.15, 0.2) is 77.9 Å². The quantitative estimate of drug-likeness (QED) is 0.695. The van der Waals surface area contributed by atoms with Crippen LogP contribution in [0, 0.1) is 0 Å². The molecule has 0 aliphatic carbocycles. The summed E-state index contributed by atoms with van der Waals surface area (Å²) in [6.45, 7) is 0. The standard InChI is InChI=1S/C20H17N3/c1-23-19-12-6-5-10-16(19)18(14-15-8-3-2-4-9-15)22-17-11-7-13-21-20(17)23/h2-13H,14H2,1H3. The van der Waals surface area contributed by atoms with Gasteiger partial charge in [0, 0.05) is 25.2 Å². The summed E-state index contributed by atoms with van der Waals surface area (Å²) in [5, 5.41) is 0. The van der Waals surface area contributed by atoms with Gasteiger partial charge in [0.1, 0.15) is 5.69 Å². The predicted molar refractivity (Wildman–Crippen MR) is 95.1 cm³/mol. The highest BCUT2D eigenvalue weighted by atomic mass is 15.2. The van der Waals surface area contributed by atoms with Crippen LogP contribution < -0.4 is 4.90 Å². The lowest BCUT2D eigenvalue weighted by Crippen LogP contribution is -2.14. The third-order valence-corrected chi connectivity index (χ3v) is 4.13. The number of nitrogens with zero attached hydrogens (tertiary/aromatic N) is 3. The summed E-state index contributed by atoms with van der Waals surface area (Å²) >= 11 is 0. The van der Waals surface area contributed by atoms with E-state index in [2.05, 4.69) is 58.4 Å². The Kier molecular flexibility index (Phi) is 3.39. The minimum atomic E-state index is 0.806. The molecule has 0 amide bonds. The van der Waals surface area contributed by atoms with Crippen molar-refractivity contribution < 1.29 is 0 Å². The average Bonchev–Trinajstić information content (AvgIpc) is 2.72. The highest BCUT2D eigenvalue weighted by molar-refractivity contribution is 6.09. The van der Waals surface area contributed by atoms with Crippen molar-refractivity contribution in [3.63, 3.8) is 0 Å². The van der Waals surface area contributed by atoms with Gasteiger partial charge < -0.3 is 4.90 Å². The van der Waals surface area contributed by atoms with E-state index in [-0.39, 0.29) is 0 Å². The van der Waals surface area contributed by atoms with Gasteiger partial charge in [0.15, 0.2) is 5.82 Å². The second-order valence-corrected chi connectivity index (χ2v) is 5.64. The molecule has 0 unspecified atom stereocenters. The second kappa shape index (κ2) is 5.69. The molecule has 0 spiro atoms. The number of aromatic nitrogens is 1. The number of para-hydroxylation sites is 1. The van der Waals surface area contributed by atoms with Crippen molar-refractivity contribution in [3.05, 3.63) is 84.1 Å². The Morgan fingerprint density at radius 1 is 0.870 bits per heavy atom. The van der Waals surface area contributed by atoms with Gasteiger partial charge in [-0.2, -0.15) is 0 Å². The van der Waals surface area contributed by atoms with Crippen LogP contribution in [0.1, 0.15) is 11.1 Å². The maximum atomic E-state index is 4.94. The largest absolute Gasteiger partial charge is 0.327 e. The van der Waals surface area contributed by atoms with E-state index in [9.17, 15) is 0 Å². The van der Waals surface area contributed by atoms with Gasteiger partial charge in [-0.1, -0.05) is 48.5 Å². The summed E-state index contributed by atoms with van der Waals surface area (Å²) in [5.41, 5.74) is 5.55. The molecular weight excluding hydrogens is 282 g/mol. The van der Waals surface area contributed by atoms with Gasteiger partial charge in [-0.15, -0.1) is 0 Å². The minimum Gasteiger partial charge on any atom is -0.327 e. The summed E-state index contributed by atoms with van der Waals surface area (Å²) in [6, 6.07) is 22.8. The number of hydrogen-bond donors (Lipinski definition) is 0. The van der Waals surface area contributed by atoms with Gasteiger partial charge in [0.25, 0.3) is 0 Å². The molecule has 3 aromatic rings. The van der Waals surface area contributed by atoms with Crippen molar-refractivity contribution in [3.8, 4) is 0 Å². The molecule has 0 radical (unpaired) electrons. The zero-order chi connectivity index (χ0) is 15.6. The first-order valence-electron chi connectivity index (χ1n) is 7.72. The van der Waals surface area contributed by atoms with Crippen LogP contribution in [-0.4, -0.2) is 17.7 Å². The van der Waals surface area contributed by atoms with Crippen molar-refractivity contribution in [2.24, 2.45) is 4.99 Å². The maximum Gasteiger partial charge on any atom is 0.158 e. The van der Waals surface area contributed by atoms with Crippen LogP contribution >= 0.6 is 0 Å². The molecule has 4 rings (SSSR count). The lowest BCUT2D eigenvalue weighted by Gasteiger charge is -2.20. The number of benzene rings is 2. The Morgan fingerprint density at radius 2 is 1.65 bits per heavy atom. The first kappa shape index (κ1) is 13.7. The van der Waals surface area contributed by atoms with E-state index in [1.165, 1.54) is 5.56 Å². The Labute approximate surface area is 136 Å². The van der Waals surface area contributed by atoms with Crippen molar-refractivity contribution in [1.29, 1.82) is 0 Å². The van der Waals surface area contributed by atoms with Crippen molar-refractivity contribution in [2.45, 2.75) is 6.42 Å². The molecule has 0 fully saturated rings.